The molecule has 1 heteroatoms. The molecule has 0 fully saturated rings. The fourth-order valence-corrected chi connectivity index (χ4v) is 3.77. The van der Waals surface area contributed by atoms with Crippen molar-refractivity contribution in [3.63, 3.8) is 0 Å². The monoisotopic (exact) mass is 363 g/mol. The molecule has 0 saturated carbocycles. The molecule has 0 amide bonds. The van der Waals surface area contributed by atoms with Crippen molar-refractivity contribution in [1.29, 1.82) is 0 Å². The van der Waals surface area contributed by atoms with Crippen molar-refractivity contribution in [2.75, 3.05) is 0 Å². The topological polar surface area (TPSA) is 0 Å². The van der Waals surface area contributed by atoms with Gasteiger partial charge in [-0.25, -0.2) is 0 Å². The summed E-state index contributed by atoms with van der Waals surface area (Å²) in [5, 5.41) is 10.5. The Hall–Kier alpha value is -3.04. The number of fused-ring (bicyclic) bond motifs is 4. The average Bonchev–Trinajstić information content (AvgIpc) is 2.76. The SMILES string of the molecule is [Li].c1ccc2cc3ccccc3cc2c1.c1ccc2cc3ccccc3cc2c1. The molecule has 0 bridgehead atoms. The van der Waals surface area contributed by atoms with E-state index in [2.05, 4.69) is 121 Å². The quantitative estimate of drug-likeness (QED) is 0.192. The molecule has 0 atom stereocenters. The summed E-state index contributed by atoms with van der Waals surface area (Å²) < 4.78 is 0. The summed E-state index contributed by atoms with van der Waals surface area (Å²) in [6, 6.07) is 42.8. The van der Waals surface area contributed by atoms with E-state index in [1.54, 1.807) is 0 Å². The van der Waals surface area contributed by atoms with E-state index in [0.717, 1.165) is 0 Å². The van der Waals surface area contributed by atoms with Crippen molar-refractivity contribution in [2.45, 2.75) is 0 Å². The normalized spacial score (nSPS) is 10.5. The third kappa shape index (κ3) is 4.05. The van der Waals surface area contributed by atoms with E-state index in [1.807, 2.05) is 0 Å². The summed E-state index contributed by atoms with van der Waals surface area (Å²) in [5.41, 5.74) is 0. The van der Waals surface area contributed by atoms with Crippen molar-refractivity contribution in [3.05, 3.63) is 121 Å². The van der Waals surface area contributed by atoms with Gasteiger partial charge in [-0.1, -0.05) is 97.1 Å². The van der Waals surface area contributed by atoms with Crippen molar-refractivity contribution >= 4 is 62.0 Å². The van der Waals surface area contributed by atoms with Crippen LogP contribution in [0.15, 0.2) is 121 Å². The third-order valence-corrected chi connectivity index (χ3v) is 5.23. The molecule has 0 nitrogen and oxygen atoms in total. The van der Waals surface area contributed by atoms with E-state index in [9.17, 15) is 0 Å². The molecule has 0 aliphatic carbocycles. The van der Waals surface area contributed by atoms with Crippen molar-refractivity contribution in [3.8, 4) is 0 Å². The van der Waals surface area contributed by atoms with Gasteiger partial charge in [0.05, 0.1) is 0 Å². The van der Waals surface area contributed by atoms with Gasteiger partial charge in [-0.05, 0) is 67.4 Å². The zero-order valence-electron chi connectivity index (χ0n) is 16.5. The van der Waals surface area contributed by atoms with Gasteiger partial charge in [-0.15, -0.1) is 0 Å². The summed E-state index contributed by atoms with van der Waals surface area (Å²) >= 11 is 0. The summed E-state index contributed by atoms with van der Waals surface area (Å²) in [7, 11) is 0. The van der Waals surface area contributed by atoms with Crippen LogP contribution in [0.2, 0.25) is 0 Å². The molecule has 0 N–H and O–H groups in total. The van der Waals surface area contributed by atoms with E-state index in [4.69, 9.17) is 0 Å². The number of benzene rings is 6. The minimum absolute atomic E-state index is 0. The van der Waals surface area contributed by atoms with Crippen LogP contribution >= 0.6 is 0 Å². The predicted octanol–water partition coefficient (Wildman–Crippen LogP) is 7.61. The minimum Gasteiger partial charge on any atom is -0.0616 e. The summed E-state index contributed by atoms with van der Waals surface area (Å²) in [5.74, 6) is 0. The van der Waals surface area contributed by atoms with Gasteiger partial charge in [0, 0.05) is 18.9 Å². The molecule has 6 rings (SSSR count). The van der Waals surface area contributed by atoms with Crippen LogP contribution in [0.3, 0.4) is 0 Å². The van der Waals surface area contributed by atoms with E-state index >= 15 is 0 Å². The Morgan fingerprint density at radius 2 is 0.379 bits per heavy atom. The second-order valence-corrected chi connectivity index (χ2v) is 7.09. The Kier molecular flexibility index (Phi) is 5.68. The van der Waals surface area contributed by atoms with Crippen LogP contribution in [0, 0.1) is 0 Å². The summed E-state index contributed by atoms with van der Waals surface area (Å²) in [6.07, 6.45) is 0. The van der Waals surface area contributed by atoms with E-state index in [-0.39, 0.29) is 18.9 Å². The maximum atomic E-state index is 2.24. The largest absolute Gasteiger partial charge is 0.0616 e. The van der Waals surface area contributed by atoms with Crippen LogP contribution in [0.1, 0.15) is 0 Å². The van der Waals surface area contributed by atoms with Crippen LogP contribution in [0.25, 0.3) is 43.1 Å². The Bertz CT molecular complexity index is 1090. The molecule has 6 aromatic carbocycles. The minimum atomic E-state index is 0. The molecular weight excluding hydrogens is 343 g/mol. The third-order valence-electron chi connectivity index (χ3n) is 5.23. The molecule has 29 heavy (non-hydrogen) atoms. The van der Waals surface area contributed by atoms with Gasteiger partial charge >= 0.3 is 0 Å². The second kappa shape index (κ2) is 8.54. The Morgan fingerprint density at radius 3 is 0.517 bits per heavy atom. The second-order valence-electron chi connectivity index (χ2n) is 7.09. The van der Waals surface area contributed by atoms with Gasteiger partial charge in [0.15, 0.2) is 0 Å². The molecule has 0 heterocycles. The standard InChI is InChI=1S/2C14H10.Li/c2*1-2-6-12-10-14-8-4-3-7-13(14)9-11(12)5-1;/h2*1-10H;. The Labute approximate surface area is 183 Å². The smallest absolute Gasteiger partial charge is 0 e. The molecule has 1 radical (unpaired) electrons. The maximum absolute atomic E-state index is 2.24. The van der Waals surface area contributed by atoms with E-state index in [1.165, 1.54) is 43.1 Å². The van der Waals surface area contributed by atoms with Gasteiger partial charge in [-0.2, -0.15) is 0 Å². The van der Waals surface area contributed by atoms with Crippen molar-refractivity contribution in [1.82, 2.24) is 0 Å². The first-order valence-electron chi connectivity index (χ1n) is 9.62. The first-order chi connectivity index (χ1) is 13.9. The Morgan fingerprint density at radius 1 is 0.241 bits per heavy atom. The summed E-state index contributed by atoms with van der Waals surface area (Å²) in [4.78, 5) is 0. The average molecular weight is 363 g/mol. The van der Waals surface area contributed by atoms with Crippen molar-refractivity contribution < 1.29 is 0 Å². The maximum Gasteiger partial charge on any atom is 0 e. The zero-order chi connectivity index (χ0) is 18.8. The molecule has 133 valence electrons. The first kappa shape index (κ1) is 19.3. The molecule has 0 unspecified atom stereocenters. The molecule has 0 aliphatic heterocycles. The number of hydrogen-bond acceptors (Lipinski definition) is 0. The van der Waals surface area contributed by atoms with E-state index in [0.29, 0.717) is 0 Å². The van der Waals surface area contributed by atoms with Gasteiger partial charge < -0.3 is 0 Å². The van der Waals surface area contributed by atoms with Crippen LogP contribution in [-0.4, -0.2) is 18.9 Å². The van der Waals surface area contributed by atoms with Crippen LogP contribution < -0.4 is 0 Å². The number of rotatable bonds is 0. The predicted molar refractivity (Wildman–Crippen MR) is 129 cm³/mol. The molecule has 0 saturated heterocycles. The molecule has 0 spiro atoms. The van der Waals surface area contributed by atoms with Gasteiger partial charge in [0.1, 0.15) is 0 Å². The van der Waals surface area contributed by atoms with E-state index < -0.39 is 0 Å². The van der Waals surface area contributed by atoms with Crippen molar-refractivity contribution in [2.24, 2.45) is 0 Å². The van der Waals surface area contributed by atoms with Crippen LogP contribution in [0.4, 0.5) is 0 Å². The molecular formula is C28H20Li. The fraction of sp³-hybridized carbons (Fsp3) is 0. The first-order valence-corrected chi connectivity index (χ1v) is 9.62. The molecule has 0 aromatic heterocycles. The van der Waals surface area contributed by atoms with Crippen LogP contribution in [-0.2, 0) is 0 Å². The molecule has 0 aliphatic rings. The van der Waals surface area contributed by atoms with Gasteiger partial charge in [0.2, 0.25) is 0 Å². The molecule has 6 aromatic rings. The van der Waals surface area contributed by atoms with Gasteiger partial charge in [-0.3, -0.25) is 0 Å². The van der Waals surface area contributed by atoms with Gasteiger partial charge in [0.25, 0.3) is 0 Å². The zero-order valence-corrected chi connectivity index (χ0v) is 16.5. The van der Waals surface area contributed by atoms with Crippen LogP contribution in [0.5, 0.6) is 0 Å². The fourth-order valence-electron chi connectivity index (χ4n) is 3.77. The summed E-state index contributed by atoms with van der Waals surface area (Å²) in [6.45, 7) is 0. The number of hydrogen-bond donors (Lipinski definition) is 0. The Balaban J connectivity index is 0.000000137.